The van der Waals surface area contributed by atoms with Crippen molar-refractivity contribution in [1.82, 2.24) is 4.90 Å². The molecule has 3 aromatic carbocycles. The maximum atomic E-state index is 13.5. The summed E-state index contributed by atoms with van der Waals surface area (Å²) in [7, 11) is 0. The largest absolute Gasteiger partial charge is 0.491 e. The fourth-order valence-corrected chi connectivity index (χ4v) is 3.98. The standard InChI is InChI=1S/C28H28N2O3/c1-18(2)33-23-13-11-22(12-14-23)29-26-25(24-15-10-19(3)16-20(24)4)27(31)30(28(26)32)17-21-8-6-5-7-9-21/h5-16,18,29H,17H2,1-4H3. The summed E-state index contributed by atoms with van der Waals surface area (Å²) in [5, 5.41) is 3.22. The van der Waals surface area contributed by atoms with Crippen LogP contribution in [0.2, 0.25) is 0 Å². The molecule has 0 saturated heterocycles. The lowest BCUT2D eigenvalue weighted by Crippen LogP contribution is -2.32. The summed E-state index contributed by atoms with van der Waals surface area (Å²) in [6.07, 6.45) is 0.0724. The third kappa shape index (κ3) is 4.82. The van der Waals surface area contributed by atoms with Gasteiger partial charge in [0.25, 0.3) is 11.8 Å². The van der Waals surface area contributed by atoms with Crippen LogP contribution in [0, 0.1) is 13.8 Å². The van der Waals surface area contributed by atoms with Crippen molar-refractivity contribution in [1.29, 1.82) is 0 Å². The number of rotatable bonds is 7. The van der Waals surface area contributed by atoms with Crippen molar-refractivity contribution in [2.75, 3.05) is 5.32 Å². The number of nitrogens with zero attached hydrogens (tertiary/aromatic N) is 1. The molecule has 0 spiro atoms. The molecule has 1 N–H and O–H groups in total. The van der Waals surface area contributed by atoms with Crippen LogP contribution in [0.5, 0.6) is 5.75 Å². The average Bonchev–Trinajstić information content (AvgIpc) is 3.00. The molecule has 0 atom stereocenters. The number of ether oxygens (including phenoxy) is 1. The molecule has 5 heteroatoms. The van der Waals surface area contributed by atoms with Crippen LogP contribution in [0.1, 0.15) is 36.1 Å². The fraction of sp³-hybridized carbons (Fsp3) is 0.214. The van der Waals surface area contributed by atoms with E-state index in [0.717, 1.165) is 28.0 Å². The van der Waals surface area contributed by atoms with Crippen molar-refractivity contribution in [2.45, 2.75) is 40.3 Å². The van der Waals surface area contributed by atoms with Crippen molar-refractivity contribution >= 4 is 23.1 Å². The van der Waals surface area contributed by atoms with E-state index >= 15 is 0 Å². The number of amides is 2. The van der Waals surface area contributed by atoms with Gasteiger partial charge in [0, 0.05) is 5.69 Å². The zero-order valence-corrected chi connectivity index (χ0v) is 19.4. The second-order valence-corrected chi connectivity index (χ2v) is 8.57. The minimum Gasteiger partial charge on any atom is -0.491 e. The average molecular weight is 441 g/mol. The fourth-order valence-electron chi connectivity index (χ4n) is 3.98. The molecule has 2 amide bonds. The molecule has 168 valence electrons. The number of nitrogens with one attached hydrogen (secondary N) is 1. The lowest BCUT2D eigenvalue weighted by molar-refractivity contribution is -0.137. The molecule has 0 unspecified atom stereocenters. The first-order valence-electron chi connectivity index (χ1n) is 11.1. The van der Waals surface area contributed by atoms with Crippen molar-refractivity contribution in [3.63, 3.8) is 0 Å². The van der Waals surface area contributed by atoms with E-state index in [9.17, 15) is 9.59 Å². The number of benzene rings is 3. The molecule has 5 nitrogen and oxygen atoms in total. The summed E-state index contributed by atoms with van der Waals surface area (Å²) in [4.78, 5) is 28.3. The van der Waals surface area contributed by atoms with Gasteiger partial charge in [-0.2, -0.15) is 0 Å². The first-order chi connectivity index (χ1) is 15.8. The van der Waals surface area contributed by atoms with Crippen LogP contribution < -0.4 is 10.1 Å². The number of aryl methyl sites for hydroxylation is 2. The molecule has 0 bridgehead atoms. The van der Waals surface area contributed by atoms with Crippen molar-refractivity contribution in [2.24, 2.45) is 0 Å². The van der Waals surface area contributed by atoms with Crippen molar-refractivity contribution in [3.8, 4) is 5.75 Å². The Balaban J connectivity index is 1.72. The minimum absolute atomic E-state index is 0.0724. The van der Waals surface area contributed by atoms with Gasteiger partial charge in [-0.1, -0.05) is 54.1 Å². The van der Waals surface area contributed by atoms with Gasteiger partial charge in [-0.25, -0.2) is 0 Å². The first kappa shape index (κ1) is 22.3. The van der Waals surface area contributed by atoms with Gasteiger partial charge in [-0.15, -0.1) is 0 Å². The van der Waals surface area contributed by atoms with Crippen molar-refractivity contribution in [3.05, 3.63) is 101 Å². The van der Waals surface area contributed by atoms with Crippen LogP contribution >= 0.6 is 0 Å². The molecule has 1 aliphatic heterocycles. The van der Waals surface area contributed by atoms with Crippen LogP contribution in [0.4, 0.5) is 5.69 Å². The van der Waals surface area contributed by atoms with Crippen LogP contribution in [-0.2, 0) is 16.1 Å². The normalized spacial score (nSPS) is 13.8. The summed E-state index contributed by atoms with van der Waals surface area (Å²) in [6.45, 7) is 8.13. The SMILES string of the molecule is Cc1ccc(C2=C(Nc3ccc(OC(C)C)cc3)C(=O)N(Cc3ccccc3)C2=O)c(C)c1. The minimum atomic E-state index is -0.332. The molecule has 0 saturated carbocycles. The third-order valence-electron chi connectivity index (χ3n) is 5.50. The molecule has 33 heavy (non-hydrogen) atoms. The Bertz CT molecular complexity index is 1210. The van der Waals surface area contributed by atoms with Gasteiger partial charge in [0.2, 0.25) is 0 Å². The maximum Gasteiger partial charge on any atom is 0.278 e. The number of anilines is 1. The van der Waals surface area contributed by atoms with Gasteiger partial charge in [-0.05, 0) is 68.7 Å². The Morgan fingerprint density at radius 1 is 0.879 bits per heavy atom. The van der Waals surface area contributed by atoms with Gasteiger partial charge >= 0.3 is 0 Å². The van der Waals surface area contributed by atoms with Gasteiger partial charge in [0.15, 0.2) is 0 Å². The highest BCUT2D eigenvalue weighted by Gasteiger charge is 2.39. The van der Waals surface area contributed by atoms with Crippen LogP contribution in [-0.4, -0.2) is 22.8 Å². The van der Waals surface area contributed by atoms with Gasteiger partial charge in [0.05, 0.1) is 18.2 Å². The Morgan fingerprint density at radius 3 is 2.21 bits per heavy atom. The lowest BCUT2D eigenvalue weighted by Gasteiger charge is -2.15. The summed E-state index contributed by atoms with van der Waals surface area (Å²) in [5.41, 5.74) is 5.12. The van der Waals surface area contributed by atoms with E-state index in [0.29, 0.717) is 17.0 Å². The zero-order valence-electron chi connectivity index (χ0n) is 19.4. The molecule has 0 radical (unpaired) electrons. The van der Waals surface area contributed by atoms with E-state index in [-0.39, 0.29) is 24.5 Å². The monoisotopic (exact) mass is 440 g/mol. The number of hydrogen-bond donors (Lipinski definition) is 1. The highest BCUT2D eigenvalue weighted by Crippen LogP contribution is 2.33. The number of carbonyl (C=O) groups excluding carboxylic acids is 2. The van der Waals surface area contributed by atoms with E-state index in [1.165, 1.54) is 4.90 Å². The predicted octanol–water partition coefficient (Wildman–Crippen LogP) is 5.48. The third-order valence-corrected chi connectivity index (χ3v) is 5.50. The van der Waals surface area contributed by atoms with E-state index in [2.05, 4.69) is 5.32 Å². The van der Waals surface area contributed by atoms with Gasteiger partial charge in [-0.3, -0.25) is 14.5 Å². The number of imide groups is 1. The van der Waals surface area contributed by atoms with E-state index in [4.69, 9.17) is 4.74 Å². The lowest BCUT2D eigenvalue weighted by atomic mass is 9.97. The van der Waals surface area contributed by atoms with E-state index in [1.807, 2.05) is 100 Å². The second-order valence-electron chi connectivity index (χ2n) is 8.57. The second kappa shape index (κ2) is 9.33. The van der Waals surface area contributed by atoms with E-state index in [1.54, 1.807) is 0 Å². The highest BCUT2D eigenvalue weighted by molar-refractivity contribution is 6.36. The molecule has 0 aromatic heterocycles. The smallest absolute Gasteiger partial charge is 0.278 e. The number of carbonyl (C=O) groups is 2. The molecule has 3 aromatic rings. The molecular formula is C28H28N2O3. The zero-order chi connectivity index (χ0) is 23.5. The Hall–Kier alpha value is -3.86. The summed E-state index contributed by atoms with van der Waals surface area (Å²) < 4.78 is 5.71. The highest BCUT2D eigenvalue weighted by atomic mass is 16.5. The molecule has 1 heterocycles. The Labute approximate surface area is 194 Å². The summed E-state index contributed by atoms with van der Waals surface area (Å²) >= 11 is 0. The first-order valence-corrected chi connectivity index (χ1v) is 11.1. The molecular weight excluding hydrogens is 412 g/mol. The van der Waals surface area contributed by atoms with Crippen LogP contribution in [0.3, 0.4) is 0 Å². The van der Waals surface area contributed by atoms with Crippen LogP contribution in [0.25, 0.3) is 5.57 Å². The Kier molecular flexibility index (Phi) is 6.31. The predicted molar refractivity (Wildman–Crippen MR) is 131 cm³/mol. The van der Waals surface area contributed by atoms with Crippen molar-refractivity contribution < 1.29 is 14.3 Å². The number of hydrogen-bond acceptors (Lipinski definition) is 4. The van der Waals surface area contributed by atoms with Gasteiger partial charge in [0.1, 0.15) is 11.4 Å². The maximum absolute atomic E-state index is 13.5. The quantitative estimate of drug-likeness (QED) is 0.494. The molecule has 1 aliphatic rings. The molecule has 0 aliphatic carbocycles. The van der Waals surface area contributed by atoms with Gasteiger partial charge < -0.3 is 10.1 Å². The van der Waals surface area contributed by atoms with Crippen LogP contribution in [0.15, 0.2) is 78.5 Å². The molecule has 4 rings (SSSR count). The topological polar surface area (TPSA) is 58.6 Å². The summed E-state index contributed by atoms with van der Waals surface area (Å²) in [6, 6.07) is 22.8. The molecule has 0 fully saturated rings. The summed E-state index contributed by atoms with van der Waals surface area (Å²) in [5.74, 6) is 0.123. The Morgan fingerprint density at radius 2 is 1.58 bits per heavy atom. The van der Waals surface area contributed by atoms with E-state index < -0.39 is 0 Å².